The lowest BCUT2D eigenvalue weighted by Gasteiger charge is -2.20. The summed E-state index contributed by atoms with van der Waals surface area (Å²) in [5.74, 6) is -1.05. The van der Waals surface area contributed by atoms with Crippen LogP contribution in [0.25, 0.3) is 0 Å². The minimum atomic E-state index is -0.918. The van der Waals surface area contributed by atoms with E-state index in [4.69, 9.17) is 16.9 Å². The quantitative estimate of drug-likeness (QED) is 0.230. The van der Waals surface area contributed by atoms with Crippen molar-refractivity contribution >= 4 is 23.3 Å². The van der Waals surface area contributed by atoms with Gasteiger partial charge in [-0.1, -0.05) is 60.2 Å². The van der Waals surface area contributed by atoms with Gasteiger partial charge in [-0.25, -0.2) is 0 Å². The predicted octanol–water partition coefficient (Wildman–Crippen LogP) is 2.65. The summed E-state index contributed by atoms with van der Waals surface area (Å²) in [6.45, 7) is 2.32. The van der Waals surface area contributed by atoms with Crippen LogP contribution >= 0.6 is 0 Å². The van der Waals surface area contributed by atoms with Crippen LogP contribution in [0.2, 0.25) is 0 Å². The number of nitrogen functional groups attached to an aromatic ring is 2. The Morgan fingerprint density at radius 1 is 1.00 bits per heavy atom. The van der Waals surface area contributed by atoms with Crippen molar-refractivity contribution in [3.63, 3.8) is 0 Å². The summed E-state index contributed by atoms with van der Waals surface area (Å²) >= 11 is 0. The Morgan fingerprint density at radius 2 is 1.74 bits per heavy atom. The van der Waals surface area contributed by atoms with E-state index in [-0.39, 0.29) is 23.0 Å². The van der Waals surface area contributed by atoms with Gasteiger partial charge in [-0.15, -0.1) is 0 Å². The molecule has 0 fully saturated rings. The van der Waals surface area contributed by atoms with Crippen molar-refractivity contribution in [1.29, 1.82) is 5.41 Å². The lowest BCUT2D eigenvalue weighted by molar-refractivity contribution is -0.123. The molecule has 0 bridgehead atoms. The minimum absolute atomic E-state index is 0.153. The second-order valence-corrected chi connectivity index (χ2v) is 7.24. The zero-order valence-electron chi connectivity index (χ0n) is 17.2. The molecule has 0 spiro atoms. The third kappa shape index (κ3) is 5.48. The summed E-state index contributed by atoms with van der Waals surface area (Å²) in [5, 5.41) is 13.2. The van der Waals surface area contributed by atoms with Crippen molar-refractivity contribution in [1.82, 2.24) is 10.6 Å². The zero-order valence-corrected chi connectivity index (χ0v) is 17.2. The van der Waals surface area contributed by atoms with E-state index in [0.717, 1.165) is 11.1 Å². The fraction of sp³-hybridized carbons (Fsp3) is 0.125. The van der Waals surface area contributed by atoms with E-state index in [1.54, 1.807) is 30.3 Å². The second kappa shape index (κ2) is 9.58. The Bertz CT molecular complexity index is 1110. The number of amidine groups is 1. The van der Waals surface area contributed by atoms with E-state index in [1.165, 1.54) is 12.1 Å². The molecule has 7 N–H and O–H groups in total. The number of carbonyl (C=O) groups excluding carboxylic acids is 2. The number of nitrogens with one attached hydrogen (secondary N) is 3. The summed E-state index contributed by atoms with van der Waals surface area (Å²) in [7, 11) is 0. The zero-order chi connectivity index (χ0) is 22.4. The molecule has 0 aliphatic heterocycles. The van der Waals surface area contributed by atoms with Crippen LogP contribution in [0, 0.1) is 12.3 Å². The molecule has 2 amide bonds. The first-order valence-electron chi connectivity index (χ1n) is 9.78. The van der Waals surface area contributed by atoms with Gasteiger partial charge in [0.05, 0.1) is 5.56 Å². The minimum Gasteiger partial charge on any atom is -0.398 e. The van der Waals surface area contributed by atoms with Gasteiger partial charge in [-0.2, -0.15) is 0 Å². The van der Waals surface area contributed by atoms with Crippen molar-refractivity contribution < 1.29 is 9.59 Å². The highest BCUT2D eigenvalue weighted by Gasteiger charge is 2.24. The summed E-state index contributed by atoms with van der Waals surface area (Å²) < 4.78 is 0. The highest BCUT2D eigenvalue weighted by atomic mass is 16.2. The van der Waals surface area contributed by atoms with Crippen molar-refractivity contribution in [3.8, 4) is 0 Å². The lowest BCUT2D eigenvalue weighted by Crippen LogP contribution is -2.40. The van der Waals surface area contributed by atoms with Crippen LogP contribution in [0.4, 0.5) is 5.69 Å². The molecule has 7 nitrogen and oxygen atoms in total. The van der Waals surface area contributed by atoms with Crippen LogP contribution in [-0.2, 0) is 11.3 Å². The number of hydrogen-bond acceptors (Lipinski definition) is 4. The highest BCUT2D eigenvalue weighted by molar-refractivity contribution is 6.04. The van der Waals surface area contributed by atoms with Crippen LogP contribution < -0.4 is 22.1 Å². The molecule has 0 aliphatic rings. The van der Waals surface area contributed by atoms with Gasteiger partial charge in [0.25, 0.3) is 5.91 Å². The van der Waals surface area contributed by atoms with Gasteiger partial charge >= 0.3 is 0 Å². The van der Waals surface area contributed by atoms with Gasteiger partial charge in [0.2, 0.25) is 5.91 Å². The Labute approximate surface area is 181 Å². The fourth-order valence-electron chi connectivity index (χ4n) is 3.19. The molecule has 3 aromatic carbocycles. The first-order valence-corrected chi connectivity index (χ1v) is 9.78. The second-order valence-electron chi connectivity index (χ2n) is 7.24. The maximum absolute atomic E-state index is 13.0. The maximum atomic E-state index is 13.0. The summed E-state index contributed by atoms with van der Waals surface area (Å²) in [4.78, 5) is 26.0. The van der Waals surface area contributed by atoms with Gasteiger partial charge in [0.1, 0.15) is 11.9 Å². The van der Waals surface area contributed by atoms with E-state index in [2.05, 4.69) is 10.6 Å². The lowest BCUT2D eigenvalue weighted by atomic mass is 10.0. The number of hydrogen-bond donors (Lipinski definition) is 5. The van der Waals surface area contributed by atoms with Gasteiger partial charge < -0.3 is 22.1 Å². The molecule has 0 heterocycles. The number of aryl methyl sites for hydroxylation is 1. The topological polar surface area (TPSA) is 134 Å². The van der Waals surface area contributed by atoms with Crippen molar-refractivity contribution in [3.05, 3.63) is 101 Å². The molecular formula is C24H25N5O2. The molecule has 7 heteroatoms. The average molecular weight is 415 g/mol. The van der Waals surface area contributed by atoms with Crippen molar-refractivity contribution in [2.45, 2.75) is 19.5 Å². The summed E-state index contributed by atoms with van der Waals surface area (Å²) in [6, 6.07) is 20.4. The first-order chi connectivity index (χ1) is 14.8. The number of carbonyl (C=O) groups is 2. The van der Waals surface area contributed by atoms with E-state index in [0.29, 0.717) is 17.7 Å². The molecule has 0 aromatic heterocycles. The van der Waals surface area contributed by atoms with E-state index >= 15 is 0 Å². The highest BCUT2D eigenvalue weighted by Crippen LogP contribution is 2.18. The van der Waals surface area contributed by atoms with Crippen LogP contribution in [0.15, 0.2) is 72.8 Å². The monoisotopic (exact) mass is 415 g/mol. The number of rotatable bonds is 7. The summed E-state index contributed by atoms with van der Waals surface area (Å²) in [6.07, 6.45) is 0. The molecule has 31 heavy (non-hydrogen) atoms. The largest absolute Gasteiger partial charge is 0.398 e. The van der Waals surface area contributed by atoms with Crippen LogP contribution in [0.5, 0.6) is 0 Å². The number of nitrogens with two attached hydrogens (primary N) is 2. The molecule has 158 valence electrons. The number of anilines is 1. The molecule has 0 aliphatic carbocycles. The SMILES string of the molecule is Cc1cccc(CNC(=O)[C@H](NC(=O)c2cc(C(=N)N)ccc2N)c2ccccc2)c1. The molecule has 1 atom stereocenters. The van der Waals surface area contributed by atoms with Crippen molar-refractivity contribution in [2.75, 3.05) is 5.73 Å². The van der Waals surface area contributed by atoms with Gasteiger partial charge in [-0.3, -0.25) is 15.0 Å². The normalized spacial score (nSPS) is 11.4. The maximum Gasteiger partial charge on any atom is 0.254 e. The smallest absolute Gasteiger partial charge is 0.254 e. The molecule has 3 rings (SSSR count). The Morgan fingerprint density at radius 3 is 2.42 bits per heavy atom. The van der Waals surface area contributed by atoms with Crippen molar-refractivity contribution in [2.24, 2.45) is 5.73 Å². The number of amides is 2. The van der Waals surface area contributed by atoms with E-state index < -0.39 is 11.9 Å². The van der Waals surface area contributed by atoms with Gasteiger partial charge in [0.15, 0.2) is 0 Å². The molecule has 0 saturated heterocycles. The third-order valence-electron chi connectivity index (χ3n) is 4.83. The molecule has 0 saturated carbocycles. The average Bonchev–Trinajstić information content (AvgIpc) is 2.76. The van der Waals surface area contributed by atoms with Crippen LogP contribution in [0.1, 0.15) is 38.7 Å². The molecule has 0 radical (unpaired) electrons. The molecular weight excluding hydrogens is 390 g/mol. The van der Waals surface area contributed by atoms with Crippen LogP contribution in [0.3, 0.4) is 0 Å². The first kappa shape index (κ1) is 21.6. The Kier molecular flexibility index (Phi) is 6.67. The molecule has 0 unspecified atom stereocenters. The van der Waals surface area contributed by atoms with Gasteiger partial charge in [-0.05, 0) is 36.2 Å². The third-order valence-corrected chi connectivity index (χ3v) is 4.83. The van der Waals surface area contributed by atoms with Gasteiger partial charge in [0, 0.05) is 17.8 Å². The van der Waals surface area contributed by atoms with E-state index in [9.17, 15) is 9.59 Å². The fourth-order valence-corrected chi connectivity index (χ4v) is 3.19. The van der Waals surface area contributed by atoms with E-state index in [1.807, 2.05) is 37.3 Å². The standard InChI is InChI=1S/C24H25N5O2/c1-15-6-5-7-16(12-15)14-28-24(31)21(17-8-3-2-4-9-17)29-23(30)19-13-18(22(26)27)10-11-20(19)25/h2-13,21H,14,25H2,1H3,(H3,26,27)(H,28,31)(H,29,30)/t21-/m1/s1. The van der Waals surface area contributed by atoms with Crippen LogP contribution in [-0.4, -0.2) is 17.6 Å². The molecule has 3 aromatic rings. The summed E-state index contributed by atoms with van der Waals surface area (Å²) in [5.41, 5.74) is 14.9. The Hall–Kier alpha value is -4.13. The Balaban J connectivity index is 1.83. The predicted molar refractivity (Wildman–Crippen MR) is 122 cm³/mol. The number of benzene rings is 3.